The number of piperidine rings is 1. The number of nitrogens with zero attached hydrogens (tertiary/aromatic N) is 1. The molecule has 2 aliphatic carbocycles. The van der Waals surface area contributed by atoms with E-state index in [9.17, 15) is 4.79 Å². The smallest absolute Gasteiger partial charge is 0.223 e. The molecule has 0 radical (unpaired) electrons. The van der Waals surface area contributed by atoms with Gasteiger partial charge in [0.05, 0.1) is 5.54 Å². The molecule has 3 nitrogen and oxygen atoms in total. The van der Waals surface area contributed by atoms with Gasteiger partial charge in [0.15, 0.2) is 0 Å². The van der Waals surface area contributed by atoms with Crippen LogP contribution in [-0.4, -0.2) is 29.4 Å². The molecule has 100 valence electrons. The molecule has 3 heteroatoms. The number of carbonyl (C=O) groups excluding carboxylic acids is 1. The molecule has 0 bridgehead atoms. The maximum Gasteiger partial charge on any atom is 0.223 e. The molecule has 1 saturated heterocycles. The standard InChI is InChI=1S/C16H20N2O/c19-15(13-6-7-13)17-16-8-14(16)10-18(11-16)9-12-4-2-1-3-5-12/h1-5,13-14H,6-11H2,(H,17,19). The summed E-state index contributed by atoms with van der Waals surface area (Å²) in [5.41, 5.74) is 1.50. The van der Waals surface area contributed by atoms with Gasteiger partial charge in [-0.3, -0.25) is 9.69 Å². The van der Waals surface area contributed by atoms with Crippen molar-refractivity contribution >= 4 is 5.91 Å². The third-order valence-corrected chi connectivity index (χ3v) is 4.79. The fourth-order valence-corrected chi connectivity index (χ4v) is 3.44. The average Bonchev–Trinajstić information content (AvgIpc) is 3.30. The van der Waals surface area contributed by atoms with E-state index in [4.69, 9.17) is 0 Å². The molecule has 1 N–H and O–H groups in total. The summed E-state index contributed by atoms with van der Waals surface area (Å²) < 4.78 is 0. The third kappa shape index (κ3) is 2.16. The molecule has 4 rings (SSSR count). The fraction of sp³-hybridized carbons (Fsp3) is 0.562. The predicted octanol–water partition coefficient (Wildman–Crippen LogP) is 1.79. The summed E-state index contributed by atoms with van der Waals surface area (Å²) >= 11 is 0. The molecule has 19 heavy (non-hydrogen) atoms. The second kappa shape index (κ2) is 4.07. The second-order valence-electron chi connectivity index (χ2n) is 6.48. The highest BCUT2D eigenvalue weighted by Crippen LogP contribution is 2.50. The second-order valence-corrected chi connectivity index (χ2v) is 6.48. The molecule has 2 saturated carbocycles. The van der Waals surface area contributed by atoms with E-state index in [1.54, 1.807) is 0 Å². The van der Waals surface area contributed by atoms with Crippen LogP contribution in [0.1, 0.15) is 24.8 Å². The summed E-state index contributed by atoms with van der Waals surface area (Å²) in [6.45, 7) is 3.18. The molecule has 0 spiro atoms. The van der Waals surface area contributed by atoms with Gasteiger partial charge in [-0.1, -0.05) is 30.3 Å². The van der Waals surface area contributed by atoms with Crippen LogP contribution < -0.4 is 5.32 Å². The molecule has 1 aromatic carbocycles. The molecule has 2 unspecified atom stereocenters. The van der Waals surface area contributed by atoms with E-state index in [0.717, 1.165) is 32.5 Å². The van der Waals surface area contributed by atoms with Crippen LogP contribution in [0.5, 0.6) is 0 Å². The van der Waals surface area contributed by atoms with Gasteiger partial charge in [-0.2, -0.15) is 0 Å². The van der Waals surface area contributed by atoms with Gasteiger partial charge in [0.25, 0.3) is 0 Å². The summed E-state index contributed by atoms with van der Waals surface area (Å²) in [5, 5.41) is 3.33. The van der Waals surface area contributed by atoms with Gasteiger partial charge >= 0.3 is 0 Å². The SMILES string of the molecule is O=C(NC12CC1CN(Cc1ccccc1)C2)C1CC1. The van der Waals surface area contributed by atoms with E-state index < -0.39 is 0 Å². The Kier molecular flexibility index (Phi) is 2.46. The van der Waals surface area contributed by atoms with Crippen LogP contribution in [-0.2, 0) is 11.3 Å². The lowest BCUT2D eigenvalue weighted by molar-refractivity contribution is -0.123. The van der Waals surface area contributed by atoms with Crippen LogP contribution in [0.3, 0.4) is 0 Å². The molecule has 1 heterocycles. The van der Waals surface area contributed by atoms with Crippen LogP contribution in [0.15, 0.2) is 30.3 Å². The molecular weight excluding hydrogens is 236 g/mol. The summed E-state index contributed by atoms with van der Waals surface area (Å²) in [6.07, 6.45) is 3.39. The van der Waals surface area contributed by atoms with Crippen molar-refractivity contribution in [1.82, 2.24) is 10.2 Å². The summed E-state index contributed by atoms with van der Waals surface area (Å²) in [4.78, 5) is 14.4. The maximum atomic E-state index is 11.9. The number of hydrogen-bond donors (Lipinski definition) is 1. The minimum Gasteiger partial charge on any atom is -0.349 e. The van der Waals surface area contributed by atoms with Crippen molar-refractivity contribution in [3.05, 3.63) is 35.9 Å². The van der Waals surface area contributed by atoms with E-state index in [0.29, 0.717) is 17.7 Å². The summed E-state index contributed by atoms with van der Waals surface area (Å²) in [7, 11) is 0. The van der Waals surface area contributed by atoms with Gasteiger partial charge in [0.1, 0.15) is 0 Å². The number of rotatable bonds is 4. The van der Waals surface area contributed by atoms with Crippen LogP contribution in [0.4, 0.5) is 0 Å². The number of nitrogens with one attached hydrogen (secondary N) is 1. The zero-order chi connectivity index (χ0) is 12.9. The van der Waals surface area contributed by atoms with E-state index in [-0.39, 0.29) is 5.54 Å². The zero-order valence-corrected chi connectivity index (χ0v) is 11.1. The Hall–Kier alpha value is -1.35. The van der Waals surface area contributed by atoms with E-state index in [2.05, 4.69) is 40.5 Å². The van der Waals surface area contributed by atoms with Crippen molar-refractivity contribution in [2.24, 2.45) is 11.8 Å². The topological polar surface area (TPSA) is 32.3 Å². The number of likely N-dealkylation sites (tertiary alicyclic amines) is 1. The Morgan fingerprint density at radius 3 is 2.84 bits per heavy atom. The molecule has 0 aromatic heterocycles. The van der Waals surface area contributed by atoms with Crippen molar-refractivity contribution in [1.29, 1.82) is 0 Å². The van der Waals surface area contributed by atoms with Crippen LogP contribution >= 0.6 is 0 Å². The summed E-state index contributed by atoms with van der Waals surface area (Å²) in [5.74, 6) is 1.33. The first-order chi connectivity index (χ1) is 9.25. The first-order valence-corrected chi connectivity index (χ1v) is 7.33. The number of benzene rings is 1. The van der Waals surface area contributed by atoms with E-state index in [1.165, 1.54) is 12.0 Å². The Morgan fingerprint density at radius 1 is 1.32 bits per heavy atom. The van der Waals surface area contributed by atoms with Crippen molar-refractivity contribution in [2.75, 3.05) is 13.1 Å². The normalized spacial score (nSPS) is 32.9. The Balaban J connectivity index is 1.37. The van der Waals surface area contributed by atoms with E-state index in [1.807, 2.05) is 0 Å². The van der Waals surface area contributed by atoms with Gasteiger partial charge < -0.3 is 5.32 Å². The predicted molar refractivity (Wildman–Crippen MR) is 73.4 cm³/mol. The maximum absolute atomic E-state index is 11.9. The minimum absolute atomic E-state index is 0.133. The number of hydrogen-bond acceptors (Lipinski definition) is 2. The van der Waals surface area contributed by atoms with Crippen molar-refractivity contribution in [3.8, 4) is 0 Å². The highest BCUT2D eigenvalue weighted by Gasteiger charge is 2.61. The first kappa shape index (κ1) is 11.5. The fourth-order valence-electron chi connectivity index (χ4n) is 3.44. The first-order valence-electron chi connectivity index (χ1n) is 7.33. The van der Waals surface area contributed by atoms with Gasteiger partial charge in [-0.15, -0.1) is 0 Å². The van der Waals surface area contributed by atoms with Gasteiger partial charge in [0.2, 0.25) is 5.91 Å². The Bertz CT molecular complexity index is 497. The number of carbonyl (C=O) groups is 1. The van der Waals surface area contributed by atoms with Crippen LogP contribution in [0, 0.1) is 11.8 Å². The monoisotopic (exact) mass is 256 g/mol. The largest absolute Gasteiger partial charge is 0.349 e. The average molecular weight is 256 g/mol. The van der Waals surface area contributed by atoms with E-state index >= 15 is 0 Å². The lowest BCUT2D eigenvalue weighted by atomic mass is 10.2. The third-order valence-electron chi connectivity index (χ3n) is 4.79. The quantitative estimate of drug-likeness (QED) is 0.890. The highest BCUT2D eigenvalue weighted by molar-refractivity contribution is 5.82. The Labute approximate surface area is 114 Å². The molecule has 2 atom stereocenters. The van der Waals surface area contributed by atoms with Gasteiger partial charge in [-0.25, -0.2) is 0 Å². The van der Waals surface area contributed by atoms with Crippen molar-refractivity contribution in [3.63, 3.8) is 0 Å². The minimum atomic E-state index is 0.133. The molecule has 1 amide bonds. The lowest BCUT2D eigenvalue weighted by Gasteiger charge is -2.21. The molecule has 1 aliphatic heterocycles. The lowest BCUT2D eigenvalue weighted by Crippen LogP contribution is -2.42. The van der Waals surface area contributed by atoms with Gasteiger partial charge in [0, 0.05) is 25.6 Å². The van der Waals surface area contributed by atoms with Crippen LogP contribution in [0.25, 0.3) is 0 Å². The number of amides is 1. The number of fused-ring (bicyclic) bond motifs is 1. The summed E-state index contributed by atoms with van der Waals surface area (Å²) in [6, 6.07) is 10.6. The molecule has 3 aliphatic rings. The van der Waals surface area contributed by atoms with Crippen LogP contribution in [0.2, 0.25) is 0 Å². The molecule has 3 fully saturated rings. The van der Waals surface area contributed by atoms with Crippen molar-refractivity contribution < 1.29 is 4.79 Å². The molecular formula is C16H20N2O. The highest BCUT2D eigenvalue weighted by atomic mass is 16.2. The van der Waals surface area contributed by atoms with Gasteiger partial charge in [-0.05, 0) is 30.7 Å². The molecule has 1 aromatic rings. The van der Waals surface area contributed by atoms with Crippen molar-refractivity contribution in [2.45, 2.75) is 31.3 Å². The Morgan fingerprint density at radius 2 is 2.11 bits per heavy atom. The zero-order valence-electron chi connectivity index (χ0n) is 11.1.